The smallest absolute Gasteiger partial charge is 0.160 e. The van der Waals surface area contributed by atoms with Gasteiger partial charge in [-0.15, -0.1) is 0 Å². The summed E-state index contributed by atoms with van der Waals surface area (Å²) in [4.78, 5) is 11.5. The topological polar surface area (TPSA) is 26.3 Å². The first-order valence-electron chi connectivity index (χ1n) is 6.95. The summed E-state index contributed by atoms with van der Waals surface area (Å²) < 4.78 is 5.72. The Labute approximate surface area is 110 Å². The minimum Gasteiger partial charge on any atom is -0.494 e. The quantitative estimate of drug-likeness (QED) is 0.503. The highest BCUT2D eigenvalue weighted by molar-refractivity contribution is 5.95. The van der Waals surface area contributed by atoms with Gasteiger partial charge in [0.1, 0.15) is 5.75 Å². The van der Waals surface area contributed by atoms with Crippen LogP contribution in [0, 0.1) is 0 Å². The van der Waals surface area contributed by atoms with Gasteiger partial charge in [0.2, 0.25) is 0 Å². The Hall–Kier alpha value is -1.31. The van der Waals surface area contributed by atoms with Crippen LogP contribution in [0.4, 0.5) is 0 Å². The Kier molecular flexibility index (Phi) is 6.48. The molecule has 0 saturated heterocycles. The van der Waals surface area contributed by atoms with E-state index in [0.717, 1.165) is 42.7 Å². The van der Waals surface area contributed by atoms with E-state index in [9.17, 15) is 4.79 Å². The van der Waals surface area contributed by atoms with Crippen LogP contribution in [-0.2, 0) is 6.42 Å². The number of hydrogen-bond acceptors (Lipinski definition) is 2. The summed E-state index contributed by atoms with van der Waals surface area (Å²) in [7, 11) is 0. The van der Waals surface area contributed by atoms with Crippen LogP contribution in [0.15, 0.2) is 18.2 Å². The van der Waals surface area contributed by atoms with Gasteiger partial charge in [0.15, 0.2) is 5.78 Å². The van der Waals surface area contributed by atoms with E-state index in [0.29, 0.717) is 0 Å². The van der Waals surface area contributed by atoms with E-state index in [1.165, 1.54) is 12.8 Å². The van der Waals surface area contributed by atoms with Crippen LogP contribution in [0.3, 0.4) is 0 Å². The molecular weight excluding hydrogens is 224 g/mol. The second-order valence-corrected chi connectivity index (χ2v) is 4.68. The summed E-state index contributed by atoms with van der Waals surface area (Å²) in [5.74, 6) is 1.02. The Morgan fingerprint density at radius 1 is 1.17 bits per heavy atom. The standard InChI is InChI=1S/C16H24O2/c1-4-6-7-11-18-15-9-10-16(13(3)17)14(12-15)8-5-2/h9-10,12H,4-8,11H2,1-3H3. The Morgan fingerprint density at radius 3 is 2.56 bits per heavy atom. The van der Waals surface area contributed by atoms with E-state index >= 15 is 0 Å². The molecule has 1 aromatic rings. The maximum Gasteiger partial charge on any atom is 0.160 e. The maximum atomic E-state index is 11.5. The molecule has 0 N–H and O–H groups in total. The van der Waals surface area contributed by atoms with Crippen LogP contribution in [0.2, 0.25) is 0 Å². The number of unbranched alkanes of at least 4 members (excludes halogenated alkanes) is 2. The van der Waals surface area contributed by atoms with Crippen molar-refractivity contribution in [2.24, 2.45) is 0 Å². The van der Waals surface area contributed by atoms with Gasteiger partial charge < -0.3 is 4.74 Å². The molecule has 0 fully saturated rings. The maximum absolute atomic E-state index is 11.5. The van der Waals surface area contributed by atoms with Gasteiger partial charge in [-0.2, -0.15) is 0 Å². The fraction of sp³-hybridized carbons (Fsp3) is 0.562. The summed E-state index contributed by atoms with van der Waals surface area (Å²) in [6.45, 7) is 6.69. The molecule has 2 nitrogen and oxygen atoms in total. The van der Waals surface area contributed by atoms with Crippen molar-refractivity contribution in [3.63, 3.8) is 0 Å². The van der Waals surface area contributed by atoms with Crippen molar-refractivity contribution in [3.8, 4) is 5.75 Å². The minimum absolute atomic E-state index is 0.135. The van der Waals surface area contributed by atoms with Crippen molar-refractivity contribution >= 4 is 5.78 Å². The van der Waals surface area contributed by atoms with E-state index in [1.807, 2.05) is 18.2 Å². The number of aryl methyl sites for hydroxylation is 1. The predicted octanol–water partition coefficient (Wildman–Crippen LogP) is 4.41. The highest BCUT2D eigenvalue weighted by atomic mass is 16.5. The molecule has 0 aliphatic heterocycles. The van der Waals surface area contributed by atoms with Crippen LogP contribution < -0.4 is 4.74 Å². The van der Waals surface area contributed by atoms with E-state index < -0.39 is 0 Å². The summed E-state index contributed by atoms with van der Waals surface area (Å²) in [6, 6.07) is 5.82. The highest BCUT2D eigenvalue weighted by Crippen LogP contribution is 2.20. The normalized spacial score (nSPS) is 10.4. The molecular formula is C16H24O2. The van der Waals surface area contributed by atoms with Crippen LogP contribution in [-0.4, -0.2) is 12.4 Å². The van der Waals surface area contributed by atoms with Gasteiger partial charge in [-0.3, -0.25) is 4.79 Å². The van der Waals surface area contributed by atoms with Crippen molar-refractivity contribution in [1.82, 2.24) is 0 Å². The molecule has 0 bridgehead atoms. The van der Waals surface area contributed by atoms with Crippen molar-refractivity contribution < 1.29 is 9.53 Å². The lowest BCUT2D eigenvalue weighted by molar-refractivity contribution is 0.101. The Balaban J connectivity index is 2.70. The molecule has 0 aliphatic rings. The fourth-order valence-corrected chi connectivity index (χ4v) is 2.02. The number of ether oxygens (including phenoxy) is 1. The number of hydrogen-bond donors (Lipinski definition) is 0. The Morgan fingerprint density at radius 2 is 1.94 bits per heavy atom. The molecule has 0 heterocycles. The van der Waals surface area contributed by atoms with Crippen molar-refractivity contribution in [2.75, 3.05) is 6.61 Å². The van der Waals surface area contributed by atoms with Crippen LogP contribution >= 0.6 is 0 Å². The van der Waals surface area contributed by atoms with E-state index in [2.05, 4.69) is 13.8 Å². The van der Waals surface area contributed by atoms with E-state index in [-0.39, 0.29) is 5.78 Å². The molecule has 1 rings (SSSR count). The lowest BCUT2D eigenvalue weighted by atomic mass is 10.0. The first-order chi connectivity index (χ1) is 8.69. The van der Waals surface area contributed by atoms with Gasteiger partial charge in [0.25, 0.3) is 0 Å². The summed E-state index contributed by atoms with van der Waals surface area (Å²) in [5, 5.41) is 0. The molecule has 0 amide bonds. The predicted molar refractivity (Wildman–Crippen MR) is 75.5 cm³/mol. The third kappa shape index (κ3) is 4.52. The average molecular weight is 248 g/mol. The summed E-state index contributed by atoms with van der Waals surface area (Å²) in [5.41, 5.74) is 1.94. The largest absolute Gasteiger partial charge is 0.494 e. The first kappa shape index (κ1) is 14.7. The van der Waals surface area contributed by atoms with E-state index in [4.69, 9.17) is 4.74 Å². The third-order valence-corrected chi connectivity index (χ3v) is 2.99. The molecule has 0 unspecified atom stereocenters. The number of ketones is 1. The van der Waals surface area contributed by atoms with Crippen LogP contribution in [0.1, 0.15) is 62.4 Å². The Bertz CT molecular complexity index is 383. The van der Waals surface area contributed by atoms with Gasteiger partial charge >= 0.3 is 0 Å². The molecule has 0 spiro atoms. The zero-order chi connectivity index (χ0) is 13.4. The van der Waals surface area contributed by atoms with Crippen molar-refractivity contribution in [1.29, 1.82) is 0 Å². The number of rotatable bonds is 8. The number of carbonyl (C=O) groups excluding carboxylic acids is 1. The molecule has 100 valence electrons. The number of benzene rings is 1. The molecule has 0 aromatic heterocycles. The summed E-state index contributed by atoms with van der Waals surface area (Å²) in [6.07, 6.45) is 5.47. The van der Waals surface area contributed by atoms with Crippen LogP contribution in [0.5, 0.6) is 5.75 Å². The van der Waals surface area contributed by atoms with Crippen molar-refractivity contribution in [2.45, 2.75) is 52.9 Å². The van der Waals surface area contributed by atoms with Gasteiger partial charge in [0, 0.05) is 5.56 Å². The fourth-order valence-electron chi connectivity index (χ4n) is 2.02. The molecule has 0 aliphatic carbocycles. The second-order valence-electron chi connectivity index (χ2n) is 4.68. The van der Waals surface area contributed by atoms with Gasteiger partial charge in [-0.1, -0.05) is 33.1 Å². The zero-order valence-corrected chi connectivity index (χ0v) is 11.8. The molecule has 0 atom stereocenters. The summed E-state index contributed by atoms with van der Waals surface area (Å²) >= 11 is 0. The third-order valence-electron chi connectivity index (χ3n) is 2.99. The SMILES string of the molecule is CCCCCOc1ccc(C(C)=O)c(CCC)c1. The van der Waals surface area contributed by atoms with Crippen LogP contribution in [0.25, 0.3) is 0 Å². The first-order valence-corrected chi connectivity index (χ1v) is 6.95. The molecule has 18 heavy (non-hydrogen) atoms. The lowest BCUT2D eigenvalue weighted by Crippen LogP contribution is -2.02. The molecule has 1 aromatic carbocycles. The van der Waals surface area contributed by atoms with Gasteiger partial charge in [-0.25, -0.2) is 0 Å². The number of carbonyl (C=O) groups is 1. The highest BCUT2D eigenvalue weighted by Gasteiger charge is 2.08. The average Bonchev–Trinajstić information content (AvgIpc) is 2.35. The molecule has 0 radical (unpaired) electrons. The van der Waals surface area contributed by atoms with Crippen molar-refractivity contribution in [3.05, 3.63) is 29.3 Å². The zero-order valence-electron chi connectivity index (χ0n) is 11.8. The number of Topliss-reactive ketones (excluding diaryl/α,β-unsaturated/α-hetero) is 1. The van der Waals surface area contributed by atoms with Gasteiger partial charge in [0.05, 0.1) is 6.61 Å². The lowest BCUT2D eigenvalue weighted by Gasteiger charge is -2.10. The molecule has 0 saturated carbocycles. The van der Waals surface area contributed by atoms with E-state index in [1.54, 1.807) is 6.92 Å². The monoisotopic (exact) mass is 248 g/mol. The second kappa shape index (κ2) is 7.91. The molecule has 2 heteroatoms. The van der Waals surface area contributed by atoms with Gasteiger partial charge in [-0.05, 0) is 43.5 Å². The minimum atomic E-state index is 0.135.